The van der Waals surface area contributed by atoms with E-state index in [-0.39, 0.29) is 17.7 Å². The van der Waals surface area contributed by atoms with Gasteiger partial charge in [0, 0.05) is 42.9 Å². The molecular formula is C26H27F4N7O. The number of halogens is 4. The molecule has 38 heavy (non-hydrogen) atoms. The smallest absolute Gasteiger partial charge is 0.379 e. The van der Waals surface area contributed by atoms with Crippen LogP contribution in [0.1, 0.15) is 42.2 Å². The van der Waals surface area contributed by atoms with Crippen LogP contribution < -0.4 is 0 Å². The van der Waals surface area contributed by atoms with Crippen molar-refractivity contribution in [2.24, 2.45) is 7.05 Å². The van der Waals surface area contributed by atoms with E-state index in [1.807, 2.05) is 40.8 Å². The highest BCUT2D eigenvalue weighted by Gasteiger charge is 2.42. The first-order chi connectivity index (χ1) is 18.1. The molecule has 200 valence electrons. The van der Waals surface area contributed by atoms with E-state index >= 15 is 0 Å². The van der Waals surface area contributed by atoms with Gasteiger partial charge in [-0.1, -0.05) is 18.2 Å². The van der Waals surface area contributed by atoms with Gasteiger partial charge in [-0.15, -0.1) is 10.2 Å². The number of benzene rings is 1. The van der Waals surface area contributed by atoms with Gasteiger partial charge in [0.05, 0.1) is 30.5 Å². The molecule has 0 spiro atoms. The molecule has 2 unspecified atom stereocenters. The molecule has 5 heterocycles. The third-order valence-corrected chi connectivity index (χ3v) is 7.78. The number of rotatable bonds is 6. The highest BCUT2D eigenvalue weighted by atomic mass is 19.4. The standard InChI is InChI=1S/C26H27F4N7O/c1-15(37-7-6-18(27)11-37)22-24-19(9-20(32-22)26(28,29)30)23(34-35-24)16-4-3-5-17(8-16)25(12-38-13-25)10-21-33-31-14-36(21)2/h3-5,8-9,14-15,18H,6-7,10-13H2,1-2H3,(H,34,35). The third kappa shape index (κ3) is 4.25. The molecule has 1 N–H and O–H groups in total. The van der Waals surface area contributed by atoms with E-state index in [2.05, 4.69) is 25.4 Å². The lowest BCUT2D eigenvalue weighted by molar-refractivity contribution is -0.141. The number of pyridine rings is 1. The number of nitrogens with one attached hydrogen (secondary N) is 1. The van der Waals surface area contributed by atoms with Crippen LogP contribution in [0.2, 0.25) is 0 Å². The van der Waals surface area contributed by atoms with Gasteiger partial charge in [0.15, 0.2) is 0 Å². The third-order valence-electron chi connectivity index (χ3n) is 7.78. The molecule has 0 saturated carbocycles. The topological polar surface area (TPSA) is 84.7 Å². The van der Waals surface area contributed by atoms with Crippen LogP contribution >= 0.6 is 0 Å². The highest BCUT2D eigenvalue weighted by Crippen LogP contribution is 2.40. The van der Waals surface area contributed by atoms with Crippen LogP contribution in [0.5, 0.6) is 0 Å². The summed E-state index contributed by atoms with van der Waals surface area (Å²) in [5.41, 5.74) is 1.40. The number of nitrogens with zero attached hydrogens (tertiary/aromatic N) is 6. The molecule has 2 saturated heterocycles. The minimum Gasteiger partial charge on any atom is -0.379 e. The molecule has 0 radical (unpaired) electrons. The predicted octanol–water partition coefficient (Wildman–Crippen LogP) is 4.39. The number of hydrogen-bond acceptors (Lipinski definition) is 6. The summed E-state index contributed by atoms with van der Waals surface area (Å²) >= 11 is 0. The van der Waals surface area contributed by atoms with E-state index in [0.717, 1.165) is 17.5 Å². The lowest BCUT2D eigenvalue weighted by Crippen LogP contribution is -2.49. The van der Waals surface area contributed by atoms with Gasteiger partial charge in [0.25, 0.3) is 0 Å². The Morgan fingerprint density at radius 3 is 2.68 bits per heavy atom. The summed E-state index contributed by atoms with van der Waals surface area (Å²) < 4.78 is 63.1. The van der Waals surface area contributed by atoms with Crippen LogP contribution in [0.3, 0.4) is 0 Å². The molecule has 4 aromatic rings. The maximum Gasteiger partial charge on any atom is 0.433 e. The van der Waals surface area contributed by atoms with Crippen molar-refractivity contribution >= 4 is 10.9 Å². The SMILES string of the molecule is CC(c1nc(C(F)(F)F)cc2c(-c3cccc(C4(Cc5nncn5C)COC4)c3)n[nH]c12)N1CCC(F)C1. The van der Waals surface area contributed by atoms with Gasteiger partial charge < -0.3 is 9.30 Å². The number of alkyl halides is 4. The summed E-state index contributed by atoms with van der Waals surface area (Å²) in [6.07, 6.45) is -3.02. The van der Waals surface area contributed by atoms with Crippen molar-refractivity contribution in [2.45, 2.75) is 43.6 Å². The maximum absolute atomic E-state index is 13.9. The lowest BCUT2D eigenvalue weighted by atomic mass is 9.75. The molecule has 0 aliphatic carbocycles. The van der Waals surface area contributed by atoms with Crippen LogP contribution in [-0.4, -0.2) is 67.3 Å². The molecule has 8 nitrogen and oxygen atoms in total. The molecule has 0 amide bonds. The number of fused-ring (bicyclic) bond motifs is 1. The van der Waals surface area contributed by atoms with E-state index in [4.69, 9.17) is 4.74 Å². The number of aromatic amines is 1. The van der Waals surface area contributed by atoms with Gasteiger partial charge in [-0.3, -0.25) is 10.00 Å². The van der Waals surface area contributed by atoms with E-state index in [0.29, 0.717) is 54.8 Å². The zero-order chi connectivity index (χ0) is 26.7. The number of likely N-dealkylation sites (tertiary alicyclic amines) is 1. The fourth-order valence-electron chi connectivity index (χ4n) is 5.46. The second-order valence-electron chi connectivity index (χ2n) is 10.3. The van der Waals surface area contributed by atoms with Crippen LogP contribution in [0.25, 0.3) is 22.2 Å². The first-order valence-electron chi connectivity index (χ1n) is 12.5. The fourth-order valence-corrected chi connectivity index (χ4v) is 5.46. The minimum absolute atomic E-state index is 0.166. The van der Waals surface area contributed by atoms with Crippen LogP contribution in [0.4, 0.5) is 17.6 Å². The molecule has 2 aliphatic rings. The normalized spacial score (nSPS) is 20.6. The van der Waals surface area contributed by atoms with Gasteiger partial charge in [0.2, 0.25) is 0 Å². The molecule has 1 aromatic carbocycles. The van der Waals surface area contributed by atoms with Crippen molar-refractivity contribution in [1.29, 1.82) is 0 Å². The van der Waals surface area contributed by atoms with Crippen molar-refractivity contribution in [2.75, 3.05) is 26.3 Å². The van der Waals surface area contributed by atoms with Crippen LogP contribution in [-0.2, 0) is 29.8 Å². The molecule has 2 fully saturated rings. The van der Waals surface area contributed by atoms with Gasteiger partial charge in [-0.25, -0.2) is 9.37 Å². The zero-order valence-electron chi connectivity index (χ0n) is 21.0. The first kappa shape index (κ1) is 24.9. The molecular weight excluding hydrogens is 502 g/mol. The summed E-state index contributed by atoms with van der Waals surface area (Å²) in [4.78, 5) is 5.81. The molecule has 6 rings (SSSR count). The first-order valence-corrected chi connectivity index (χ1v) is 12.5. The van der Waals surface area contributed by atoms with Gasteiger partial charge in [-0.2, -0.15) is 18.3 Å². The Hall–Kier alpha value is -3.38. The van der Waals surface area contributed by atoms with Gasteiger partial charge >= 0.3 is 6.18 Å². The Morgan fingerprint density at radius 2 is 2.05 bits per heavy atom. The number of H-pyrrole nitrogens is 1. The van der Waals surface area contributed by atoms with Crippen molar-refractivity contribution in [3.63, 3.8) is 0 Å². The number of aromatic nitrogens is 6. The average Bonchev–Trinajstić information content (AvgIpc) is 3.59. The highest BCUT2D eigenvalue weighted by molar-refractivity contribution is 5.94. The average molecular weight is 530 g/mol. The Labute approximate surface area is 216 Å². The van der Waals surface area contributed by atoms with Crippen LogP contribution in [0, 0.1) is 0 Å². The molecule has 2 aliphatic heterocycles. The Kier molecular flexibility index (Phi) is 5.98. The molecule has 3 aromatic heterocycles. The van der Waals surface area contributed by atoms with E-state index < -0.39 is 24.1 Å². The van der Waals surface area contributed by atoms with Gasteiger partial charge in [-0.05, 0) is 31.0 Å². The van der Waals surface area contributed by atoms with Crippen molar-refractivity contribution in [3.05, 3.63) is 59.4 Å². The van der Waals surface area contributed by atoms with Crippen LogP contribution in [0.15, 0.2) is 36.7 Å². The van der Waals surface area contributed by atoms with E-state index in [1.165, 1.54) is 0 Å². The second-order valence-corrected chi connectivity index (χ2v) is 10.3. The van der Waals surface area contributed by atoms with Crippen molar-refractivity contribution in [1.82, 2.24) is 34.8 Å². The maximum atomic E-state index is 13.9. The quantitative estimate of drug-likeness (QED) is 0.373. The molecule has 12 heteroatoms. The Morgan fingerprint density at radius 1 is 1.24 bits per heavy atom. The largest absolute Gasteiger partial charge is 0.433 e. The molecule has 0 bridgehead atoms. The number of ether oxygens (including phenoxy) is 1. The minimum atomic E-state index is -4.64. The lowest BCUT2D eigenvalue weighted by Gasteiger charge is -2.41. The van der Waals surface area contributed by atoms with Crippen molar-refractivity contribution < 1.29 is 22.3 Å². The monoisotopic (exact) mass is 529 g/mol. The Bertz CT molecular complexity index is 1480. The summed E-state index contributed by atoms with van der Waals surface area (Å²) in [7, 11) is 1.88. The zero-order valence-corrected chi connectivity index (χ0v) is 21.0. The summed E-state index contributed by atoms with van der Waals surface area (Å²) in [6.45, 7) is 3.38. The predicted molar refractivity (Wildman–Crippen MR) is 131 cm³/mol. The number of aryl methyl sites for hydroxylation is 1. The summed E-state index contributed by atoms with van der Waals surface area (Å²) in [5.74, 6) is 0.820. The second kappa shape index (κ2) is 9.12. The molecule has 2 atom stereocenters. The Balaban J connectivity index is 1.43. The van der Waals surface area contributed by atoms with Gasteiger partial charge in [0.1, 0.15) is 29.7 Å². The van der Waals surface area contributed by atoms with Crippen molar-refractivity contribution in [3.8, 4) is 11.3 Å². The number of hydrogen-bond donors (Lipinski definition) is 1. The fraction of sp³-hybridized carbons (Fsp3) is 0.462. The summed E-state index contributed by atoms with van der Waals surface area (Å²) in [5, 5.41) is 15.9. The van der Waals surface area contributed by atoms with E-state index in [9.17, 15) is 17.6 Å². The van der Waals surface area contributed by atoms with E-state index in [1.54, 1.807) is 13.3 Å². The summed E-state index contributed by atoms with van der Waals surface area (Å²) in [6, 6.07) is 8.19.